The lowest BCUT2D eigenvalue weighted by molar-refractivity contribution is -0.126. The number of benzene rings is 1. The van der Waals surface area contributed by atoms with Crippen molar-refractivity contribution in [1.82, 2.24) is 9.62 Å². The number of anilines is 2. The Morgan fingerprint density at radius 2 is 1.85 bits per heavy atom. The SMILES string of the molecule is O=C(CN1C(=O)[C@H]2CCCCN2c2ccc(S(=O)(=O)N3CCCC3)cc21)NC[C@@H]1COCCO1. The standard InChI is InChI=1S/C23H32N4O6S/c28-22(24-14-17-16-32-11-12-33-17)15-27-21-13-18(34(30,31)25-8-3-4-9-25)6-7-19(21)26-10-2-1-5-20(26)23(27)29/h6-7,13,17,20H,1-5,8-12,14-16H2,(H,24,28)/t17-,20-/m1/s1. The molecule has 11 heteroatoms. The summed E-state index contributed by atoms with van der Waals surface area (Å²) >= 11 is 0. The Balaban J connectivity index is 1.41. The van der Waals surface area contributed by atoms with Crippen LogP contribution in [-0.2, 0) is 29.1 Å². The number of carbonyl (C=O) groups excluding carboxylic acids is 2. The number of carbonyl (C=O) groups is 2. The fourth-order valence-corrected chi connectivity index (χ4v) is 6.76. The molecule has 1 aromatic carbocycles. The molecular formula is C23H32N4O6S. The number of rotatable bonds is 6. The second kappa shape index (κ2) is 9.80. The number of ether oxygens (including phenoxy) is 2. The molecule has 0 saturated carbocycles. The molecule has 3 fully saturated rings. The minimum atomic E-state index is -3.65. The Morgan fingerprint density at radius 1 is 1.06 bits per heavy atom. The Morgan fingerprint density at radius 3 is 2.62 bits per heavy atom. The lowest BCUT2D eigenvalue weighted by Crippen LogP contribution is -2.57. The molecule has 0 bridgehead atoms. The van der Waals surface area contributed by atoms with Crippen LogP contribution in [-0.4, -0.2) is 89.2 Å². The van der Waals surface area contributed by atoms with Crippen LogP contribution in [0, 0.1) is 0 Å². The van der Waals surface area contributed by atoms with Crippen LogP contribution in [0.1, 0.15) is 32.1 Å². The highest BCUT2D eigenvalue weighted by Crippen LogP contribution is 2.41. The van der Waals surface area contributed by atoms with E-state index >= 15 is 0 Å². The van der Waals surface area contributed by atoms with E-state index in [2.05, 4.69) is 10.2 Å². The van der Waals surface area contributed by atoms with Gasteiger partial charge in [0.05, 0.1) is 42.2 Å². The molecule has 0 radical (unpaired) electrons. The van der Waals surface area contributed by atoms with E-state index < -0.39 is 10.0 Å². The zero-order valence-electron chi connectivity index (χ0n) is 19.3. The van der Waals surface area contributed by atoms with Crippen LogP contribution < -0.4 is 15.1 Å². The summed E-state index contributed by atoms with van der Waals surface area (Å²) < 4.78 is 38.8. The predicted octanol–water partition coefficient (Wildman–Crippen LogP) is 0.708. The van der Waals surface area contributed by atoms with Gasteiger partial charge in [0.2, 0.25) is 21.8 Å². The average molecular weight is 493 g/mol. The molecule has 186 valence electrons. The van der Waals surface area contributed by atoms with Gasteiger partial charge in [0, 0.05) is 26.2 Å². The van der Waals surface area contributed by atoms with E-state index in [0.29, 0.717) is 45.1 Å². The van der Waals surface area contributed by atoms with Crippen LogP contribution in [0.15, 0.2) is 23.1 Å². The van der Waals surface area contributed by atoms with E-state index in [1.807, 2.05) is 0 Å². The van der Waals surface area contributed by atoms with E-state index in [9.17, 15) is 18.0 Å². The number of fused-ring (bicyclic) bond motifs is 3. The minimum Gasteiger partial charge on any atom is -0.376 e. The second-order valence-corrected chi connectivity index (χ2v) is 11.2. The first-order chi connectivity index (χ1) is 16.4. The number of nitrogens with one attached hydrogen (secondary N) is 1. The van der Waals surface area contributed by atoms with E-state index in [4.69, 9.17) is 9.47 Å². The van der Waals surface area contributed by atoms with E-state index in [-0.39, 0.29) is 35.4 Å². The summed E-state index contributed by atoms with van der Waals surface area (Å²) in [6.45, 7) is 3.33. The number of nitrogens with zero attached hydrogens (tertiary/aromatic N) is 3. The van der Waals surface area contributed by atoms with Crippen molar-refractivity contribution in [2.24, 2.45) is 0 Å². The zero-order chi connectivity index (χ0) is 23.7. The number of piperidine rings is 1. The Bertz CT molecular complexity index is 1040. The molecule has 10 nitrogen and oxygen atoms in total. The molecule has 1 N–H and O–H groups in total. The predicted molar refractivity (Wildman–Crippen MR) is 125 cm³/mol. The number of hydrogen-bond acceptors (Lipinski definition) is 7. The molecule has 2 atom stereocenters. The maximum Gasteiger partial charge on any atom is 0.250 e. The molecule has 34 heavy (non-hydrogen) atoms. The molecule has 5 rings (SSSR count). The molecule has 0 aliphatic carbocycles. The van der Waals surface area contributed by atoms with Gasteiger partial charge < -0.3 is 19.7 Å². The maximum absolute atomic E-state index is 13.5. The normalized spacial score (nSPS) is 25.7. The van der Waals surface area contributed by atoms with Crippen molar-refractivity contribution < 1.29 is 27.5 Å². The van der Waals surface area contributed by atoms with Gasteiger partial charge in [-0.05, 0) is 50.3 Å². The Hall–Kier alpha value is -2.21. The van der Waals surface area contributed by atoms with Crippen LogP contribution in [0.4, 0.5) is 11.4 Å². The first-order valence-corrected chi connectivity index (χ1v) is 13.6. The van der Waals surface area contributed by atoms with E-state index in [0.717, 1.165) is 44.3 Å². The average Bonchev–Trinajstić information content (AvgIpc) is 3.42. The van der Waals surface area contributed by atoms with Crippen molar-refractivity contribution in [1.29, 1.82) is 0 Å². The Labute approximate surface area is 200 Å². The molecule has 0 aromatic heterocycles. The van der Waals surface area contributed by atoms with Gasteiger partial charge in [-0.1, -0.05) is 0 Å². The number of sulfonamides is 1. The lowest BCUT2D eigenvalue weighted by Gasteiger charge is -2.45. The summed E-state index contributed by atoms with van der Waals surface area (Å²) in [5.41, 5.74) is 1.29. The largest absolute Gasteiger partial charge is 0.376 e. The fraction of sp³-hybridized carbons (Fsp3) is 0.652. The van der Waals surface area contributed by atoms with Gasteiger partial charge in [0.25, 0.3) is 0 Å². The highest BCUT2D eigenvalue weighted by atomic mass is 32.2. The smallest absolute Gasteiger partial charge is 0.250 e. The molecule has 0 spiro atoms. The van der Waals surface area contributed by atoms with Crippen LogP contribution in [0.5, 0.6) is 0 Å². The molecule has 4 heterocycles. The quantitative estimate of drug-likeness (QED) is 0.623. The topological polar surface area (TPSA) is 108 Å². The molecule has 2 amide bonds. The van der Waals surface area contributed by atoms with Crippen LogP contribution >= 0.6 is 0 Å². The van der Waals surface area contributed by atoms with Crippen LogP contribution in [0.2, 0.25) is 0 Å². The summed E-state index contributed by atoms with van der Waals surface area (Å²) in [4.78, 5) is 30.0. The Kier molecular flexibility index (Phi) is 6.79. The van der Waals surface area contributed by atoms with Gasteiger partial charge in [-0.2, -0.15) is 4.31 Å². The monoisotopic (exact) mass is 492 g/mol. The zero-order valence-corrected chi connectivity index (χ0v) is 20.1. The lowest BCUT2D eigenvalue weighted by atomic mass is 9.96. The highest BCUT2D eigenvalue weighted by Gasteiger charge is 2.41. The van der Waals surface area contributed by atoms with Crippen LogP contribution in [0.3, 0.4) is 0 Å². The second-order valence-electron chi connectivity index (χ2n) is 9.26. The van der Waals surface area contributed by atoms with E-state index in [1.165, 1.54) is 9.21 Å². The van der Waals surface area contributed by atoms with Gasteiger partial charge in [-0.15, -0.1) is 0 Å². The summed E-state index contributed by atoms with van der Waals surface area (Å²) in [6.07, 6.45) is 4.12. The molecular weight excluding hydrogens is 460 g/mol. The van der Waals surface area contributed by atoms with Gasteiger partial charge in [0.1, 0.15) is 12.6 Å². The fourth-order valence-electron chi connectivity index (χ4n) is 5.22. The van der Waals surface area contributed by atoms with Crippen molar-refractivity contribution in [3.8, 4) is 0 Å². The maximum atomic E-state index is 13.5. The van der Waals surface area contributed by atoms with Crippen molar-refractivity contribution in [3.63, 3.8) is 0 Å². The summed E-state index contributed by atoms with van der Waals surface area (Å²) in [5, 5.41) is 2.83. The number of amides is 2. The van der Waals surface area contributed by atoms with Gasteiger partial charge >= 0.3 is 0 Å². The van der Waals surface area contributed by atoms with Crippen molar-refractivity contribution in [2.45, 2.75) is 49.1 Å². The van der Waals surface area contributed by atoms with Crippen molar-refractivity contribution in [3.05, 3.63) is 18.2 Å². The van der Waals surface area contributed by atoms with E-state index in [1.54, 1.807) is 18.2 Å². The highest BCUT2D eigenvalue weighted by molar-refractivity contribution is 7.89. The minimum absolute atomic E-state index is 0.157. The summed E-state index contributed by atoms with van der Waals surface area (Å²) in [6, 6.07) is 4.66. The van der Waals surface area contributed by atoms with Crippen molar-refractivity contribution >= 4 is 33.2 Å². The van der Waals surface area contributed by atoms with Gasteiger partial charge in [-0.25, -0.2) is 8.42 Å². The first-order valence-electron chi connectivity index (χ1n) is 12.1. The summed E-state index contributed by atoms with van der Waals surface area (Å²) in [7, 11) is -3.65. The molecule has 4 aliphatic rings. The molecule has 1 aromatic rings. The third-order valence-corrected chi connectivity index (χ3v) is 8.91. The molecule has 3 saturated heterocycles. The molecule has 0 unspecified atom stereocenters. The van der Waals surface area contributed by atoms with Crippen molar-refractivity contribution in [2.75, 3.05) is 62.3 Å². The summed E-state index contributed by atoms with van der Waals surface area (Å²) in [5.74, 6) is -0.471. The first kappa shape index (κ1) is 23.5. The molecule has 4 aliphatic heterocycles. The van der Waals surface area contributed by atoms with Crippen LogP contribution in [0.25, 0.3) is 0 Å². The van der Waals surface area contributed by atoms with Gasteiger partial charge in [-0.3, -0.25) is 14.5 Å². The third-order valence-electron chi connectivity index (χ3n) is 7.02. The third kappa shape index (κ3) is 4.53. The van der Waals surface area contributed by atoms with Gasteiger partial charge in [0.15, 0.2) is 0 Å². The number of hydrogen-bond donors (Lipinski definition) is 1.